The number of rotatable bonds is 2. The molecule has 1 aliphatic heterocycles. The summed E-state index contributed by atoms with van der Waals surface area (Å²) in [6.45, 7) is 2.05. The van der Waals surface area contributed by atoms with E-state index in [1.165, 1.54) is 12.8 Å². The molecule has 5 heteroatoms. The van der Waals surface area contributed by atoms with Crippen LogP contribution in [0.25, 0.3) is 0 Å². The number of methoxy groups -OCH3 is 1. The number of hydrogen-bond acceptors (Lipinski definition) is 3. The Balaban J connectivity index is 2.32. The van der Waals surface area contributed by atoms with Gasteiger partial charge >= 0.3 is 0 Å². The van der Waals surface area contributed by atoms with Crippen molar-refractivity contribution in [2.75, 3.05) is 20.2 Å². The van der Waals surface area contributed by atoms with Crippen LogP contribution in [0.1, 0.15) is 18.4 Å². The van der Waals surface area contributed by atoms with Gasteiger partial charge in [-0.25, -0.2) is 0 Å². The van der Waals surface area contributed by atoms with Crippen molar-refractivity contribution < 1.29 is 9.84 Å². The van der Waals surface area contributed by atoms with Gasteiger partial charge in [0.25, 0.3) is 0 Å². The predicted octanol–water partition coefficient (Wildman–Crippen LogP) is 2.78. The zero-order valence-corrected chi connectivity index (χ0v) is 12.5. The van der Waals surface area contributed by atoms with Crippen molar-refractivity contribution in [2.45, 2.75) is 12.8 Å². The molecule has 0 aliphatic carbocycles. The molecule has 0 atom stereocenters. The maximum atomic E-state index is 9.78. The Morgan fingerprint density at radius 3 is 2.65 bits per heavy atom. The van der Waals surface area contributed by atoms with Gasteiger partial charge in [0, 0.05) is 18.7 Å². The normalized spacial score (nSPS) is 15.1. The van der Waals surface area contributed by atoms with E-state index in [4.69, 9.17) is 17.0 Å². The summed E-state index contributed by atoms with van der Waals surface area (Å²) in [6, 6.07) is 3.71. The zero-order chi connectivity index (χ0) is 12.4. The molecule has 17 heavy (non-hydrogen) atoms. The first kappa shape index (κ1) is 12.9. The quantitative estimate of drug-likeness (QED) is 0.647. The van der Waals surface area contributed by atoms with Gasteiger partial charge in [0.1, 0.15) is 4.99 Å². The van der Waals surface area contributed by atoms with Crippen LogP contribution in [0.15, 0.2) is 12.1 Å². The summed E-state index contributed by atoms with van der Waals surface area (Å²) < 4.78 is 5.91. The van der Waals surface area contributed by atoms with E-state index in [1.54, 1.807) is 13.2 Å². The molecular weight excluding hydrogens is 349 g/mol. The third-order valence-electron chi connectivity index (χ3n) is 2.89. The van der Waals surface area contributed by atoms with Crippen molar-refractivity contribution in [1.29, 1.82) is 0 Å². The fraction of sp³-hybridized carbons (Fsp3) is 0.417. The van der Waals surface area contributed by atoms with E-state index in [2.05, 4.69) is 27.5 Å². The molecule has 0 bridgehead atoms. The summed E-state index contributed by atoms with van der Waals surface area (Å²) in [5.41, 5.74) is 0.945. The molecule has 1 fully saturated rings. The summed E-state index contributed by atoms with van der Waals surface area (Å²) in [5, 5.41) is 9.78. The largest absolute Gasteiger partial charge is 0.504 e. The topological polar surface area (TPSA) is 32.7 Å². The minimum Gasteiger partial charge on any atom is -0.504 e. The van der Waals surface area contributed by atoms with Crippen LogP contribution in [0, 0.1) is 3.57 Å². The van der Waals surface area contributed by atoms with Crippen molar-refractivity contribution in [2.24, 2.45) is 0 Å². The van der Waals surface area contributed by atoms with Gasteiger partial charge in [0.05, 0.1) is 10.7 Å². The average Bonchev–Trinajstić information content (AvgIpc) is 2.85. The highest BCUT2D eigenvalue weighted by molar-refractivity contribution is 14.1. The summed E-state index contributed by atoms with van der Waals surface area (Å²) in [7, 11) is 1.55. The predicted molar refractivity (Wildman–Crippen MR) is 79.9 cm³/mol. The van der Waals surface area contributed by atoms with E-state index < -0.39 is 0 Å². The summed E-state index contributed by atoms with van der Waals surface area (Å²) in [4.78, 5) is 3.05. The van der Waals surface area contributed by atoms with E-state index >= 15 is 0 Å². The second kappa shape index (κ2) is 5.39. The van der Waals surface area contributed by atoms with E-state index in [-0.39, 0.29) is 5.75 Å². The van der Waals surface area contributed by atoms with Gasteiger partial charge in [-0.1, -0.05) is 12.2 Å². The second-order valence-corrected chi connectivity index (χ2v) is 5.56. The van der Waals surface area contributed by atoms with Gasteiger partial charge in [-0.15, -0.1) is 0 Å². The molecule has 0 spiro atoms. The number of benzene rings is 1. The lowest BCUT2D eigenvalue weighted by atomic mass is 10.2. The molecule has 3 nitrogen and oxygen atoms in total. The monoisotopic (exact) mass is 363 g/mol. The summed E-state index contributed by atoms with van der Waals surface area (Å²) >= 11 is 7.56. The van der Waals surface area contributed by atoms with Crippen LogP contribution in [0.2, 0.25) is 0 Å². The SMILES string of the molecule is COc1cc(C(=S)N2CCCC2)cc(I)c1O. The van der Waals surface area contributed by atoms with E-state index in [0.29, 0.717) is 5.75 Å². The maximum Gasteiger partial charge on any atom is 0.171 e. The minimum atomic E-state index is 0.182. The van der Waals surface area contributed by atoms with Crippen LogP contribution >= 0.6 is 34.8 Å². The van der Waals surface area contributed by atoms with Crippen molar-refractivity contribution in [3.8, 4) is 11.5 Å². The molecule has 1 aromatic rings. The molecule has 1 aliphatic rings. The molecule has 1 saturated heterocycles. The summed E-state index contributed by atoms with van der Waals surface area (Å²) in [6.07, 6.45) is 2.40. The third kappa shape index (κ3) is 2.65. The van der Waals surface area contributed by atoms with Gasteiger partial charge in [-0.05, 0) is 47.6 Å². The van der Waals surface area contributed by atoms with Gasteiger partial charge in [0.15, 0.2) is 11.5 Å². The molecule has 0 radical (unpaired) electrons. The number of nitrogens with zero attached hydrogens (tertiary/aromatic N) is 1. The third-order valence-corrected chi connectivity index (χ3v) is 4.20. The zero-order valence-electron chi connectivity index (χ0n) is 9.57. The standard InChI is InChI=1S/C12H14INO2S/c1-16-10-7-8(6-9(13)11(10)15)12(17)14-4-2-3-5-14/h6-7,15H,2-5H2,1H3. The van der Waals surface area contributed by atoms with Crippen LogP contribution in [0.5, 0.6) is 11.5 Å². The van der Waals surface area contributed by atoms with E-state index in [0.717, 1.165) is 27.2 Å². The number of phenols is 1. The van der Waals surface area contributed by atoms with Crippen molar-refractivity contribution >= 4 is 39.8 Å². The van der Waals surface area contributed by atoms with Crippen LogP contribution in [-0.2, 0) is 0 Å². The molecule has 1 heterocycles. The molecular formula is C12H14INO2S. The Hall–Kier alpha value is -0.560. The molecule has 1 aromatic carbocycles. The van der Waals surface area contributed by atoms with Gasteiger partial charge in [0.2, 0.25) is 0 Å². The fourth-order valence-corrected chi connectivity index (χ4v) is 2.86. The minimum absolute atomic E-state index is 0.182. The molecule has 92 valence electrons. The summed E-state index contributed by atoms with van der Waals surface area (Å²) in [5.74, 6) is 0.662. The Kier molecular flexibility index (Phi) is 4.09. The van der Waals surface area contributed by atoms with Crippen LogP contribution < -0.4 is 4.74 Å². The Morgan fingerprint density at radius 1 is 1.41 bits per heavy atom. The first-order valence-corrected chi connectivity index (χ1v) is 6.98. The molecule has 2 rings (SSSR count). The number of aromatic hydroxyl groups is 1. The average molecular weight is 363 g/mol. The number of thiocarbonyl (C=S) groups is 1. The molecule has 0 amide bonds. The molecule has 0 saturated carbocycles. The molecule has 1 N–H and O–H groups in total. The van der Waals surface area contributed by atoms with E-state index in [9.17, 15) is 5.11 Å². The van der Waals surface area contributed by atoms with Gasteiger partial charge < -0.3 is 14.7 Å². The van der Waals surface area contributed by atoms with Crippen LogP contribution in [0.3, 0.4) is 0 Å². The molecule has 0 aromatic heterocycles. The number of likely N-dealkylation sites (tertiary alicyclic amines) is 1. The van der Waals surface area contributed by atoms with E-state index in [1.807, 2.05) is 6.07 Å². The lowest BCUT2D eigenvalue weighted by Crippen LogP contribution is -2.26. The maximum absolute atomic E-state index is 9.78. The lowest BCUT2D eigenvalue weighted by molar-refractivity contribution is 0.371. The number of ether oxygens (including phenoxy) is 1. The smallest absolute Gasteiger partial charge is 0.171 e. The van der Waals surface area contributed by atoms with Gasteiger partial charge in [-0.3, -0.25) is 0 Å². The lowest BCUT2D eigenvalue weighted by Gasteiger charge is -2.19. The Bertz CT molecular complexity index is 444. The first-order valence-electron chi connectivity index (χ1n) is 5.49. The highest BCUT2D eigenvalue weighted by atomic mass is 127. The number of phenolic OH excluding ortho intramolecular Hbond substituents is 1. The van der Waals surface area contributed by atoms with Crippen LogP contribution in [-0.4, -0.2) is 35.2 Å². The first-order chi connectivity index (χ1) is 8.13. The van der Waals surface area contributed by atoms with Crippen LogP contribution in [0.4, 0.5) is 0 Å². The highest BCUT2D eigenvalue weighted by Gasteiger charge is 2.18. The second-order valence-electron chi connectivity index (χ2n) is 4.01. The fourth-order valence-electron chi connectivity index (χ4n) is 1.96. The number of hydrogen-bond donors (Lipinski definition) is 1. The Morgan fingerprint density at radius 2 is 2.06 bits per heavy atom. The highest BCUT2D eigenvalue weighted by Crippen LogP contribution is 2.33. The Labute approximate surface area is 120 Å². The van der Waals surface area contributed by atoms with Gasteiger partial charge in [-0.2, -0.15) is 0 Å². The van der Waals surface area contributed by atoms with Crippen molar-refractivity contribution in [3.05, 3.63) is 21.3 Å². The molecule has 0 unspecified atom stereocenters. The van der Waals surface area contributed by atoms with Crippen molar-refractivity contribution in [1.82, 2.24) is 4.90 Å². The van der Waals surface area contributed by atoms with Crippen molar-refractivity contribution in [3.63, 3.8) is 0 Å². The number of halogens is 1.